The van der Waals surface area contributed by atoms with Gasteiger partial charge in [0, 0.05) is 68.7 Å². The average Bonchev–Trinajstić information content (AvgIpc) is 1.66. The molecule has 37 nitrogen and oxygen atoms in total. The molecular formula is C96H112Cl2N9NaO28. The molecule has 0 aliphatic rings. The van der Waals surface area contributed by atoms with Gasteiger partial charge >= 0.3 is 89.3 Å². The van der Waals surface area contributed by atoms with Gasteiger partial charge in [0.15, 0.2) is 28.9 Å². The Morgan fingerprint density at radius 1 is 0.368 bits per heavy atom. The molecule has 40 heteroatoms. The van der Waals surface area contributed by atoms with Crippen LogP contribution in [0.4, 0.5) is 0 Å². The molecular weight excluding hydrogens is 1820 g/mol. The van der Waals surface area contributed by atoms with Crippen molar-refractivity contribution in [1.29, 1.82) is 0 Å². The topological polar surface area (TPSA) is 622 Å². The molecule has 0 aliphatic heterocycles. The number of ether oxygens (including phenoxy) is 11. The number of aliphatic carboxylic acids is 1. The molecule has 0 bridgehead atoms. The van der Waals surface area contributed by atoms with Crippen LogP contribution >= 0.6 is 23.2 Å². The van der Waals surface area contributed by atoms with Gasteiger partial charge in [-0.25, -0.2) is 47.9 Å². The second-order valence-corrected chi connectivity index (χ2v) is 27.3. The van der Waals surface area contributed by atoms with E-state index in [0.29, 0.717) is 58.7 Å². The molecule has 7 rings (SSSR count). The minimum absolute atomic E-state index is 0. The smallest absolute Gasteiger partial charge is 0.543 e. The Balaban J connectivity index is 0. The summed E-state index contributed by atoms with van der Waals surface area (Å²) < 4.78 is 52.1. The van der Waals surface area contributed by atoms with Gasteiger partial charge in [-0.3, -0.25) is 24.0 Å². The van der Waals surface area contributed by atoms with Gasteiger partial charge in [-0.2, -0.15) is 0 Å². The van der Waals surface area contributed by atoms with E-state index in [4.69, 9.17) is 102 Å². The second kappa shape index (κ2) is 72.4. The third-order valence-corrected chi connectivity index (χ3v) is 16.1. The first kappa shape index (κ1) is 123. The minimum atomic E-state index is -1.56. The maximum atomic E-state index is 11.9. The van der Waals surface area contributed by atoms with Crippen molar-refractivity contribution < 1.29 is 163 Å². The van der Waals surface area contributed by atoms with Crippen LogP contribution in [0.15, 0.2) is 264 Å². The summed E-state index contributed by atoms with van der Waals surface area (Å²) in [4.78, 5) is 182. The number of aromatic nitrogens is 1. The zero-order chi connectivity index (χ0) is 102. The van der Waals surface area contributed by atoms with E-state index in [0.717, 1.165) is 108 Å². The predicted molar refractivity (Wildman–Crippen MR) is 499 cm³/mol. The van der Waals surface area contributed by atoms with Gasteiger partial charge in [0.1, 0.15) is 58.8 Å². The number of rotatable bonds is 38. The van der Waals surface area contributed by atoms with Gasteiger partial charge in [0.05, 0.1) is 96.4 Å². The molecule has 1 heterocycles. The SMILES string of the molecule is CCCCOC(=O)/C=C(\N)C(=O)OCCCC.CCCOC(=O)/C=C(\N)C(=O)OCCC.CCOC(=O)/C(N)=C/C(=O)/C=C/c1ccc(Cl)cc1.CCOC(=O)/C(N)=C/C(=O)c1ccccc1OC.COC(=O)/C(N)=C/C(=O)c1ccc(Cl)cc1.COC(=O)/C(N)=C/C(C)=O.N/C(=C\C(=O)OCc1ccccc1)C(=O)OCc1ccccc1.N/C(=C\C(=O)c1c[nH]c2ccccc12)C(=O)[O-].[Na+]. The summed E-state index contributed by atoms with van der Waals surface area (Å²) in [6, 6.07) is 45.5. The number of aromatic amines is 1. The summed E-state index contributed by atoms with van der Waals surface area (Å²) >= 11 is 11.4. The van der Waals surface area contributed by atoms with Gasteiger partial charge in [-0.1, -0.05) is 173 Å². The number of allylic oxidation sites excluding steroid dienone is 6. The fourth-order valence-corrected chi connectivity index (χ4v) is 9.19. The maximum Gasteiger partial charge on any atom is 1.00 e. The molecule has 6 aromatic carbocycles. The van der Waals surface area contributed by atoms with Crippen molar-refractivity contribution in [1.82, 2.24) is 4.98 Å². The van der Waals surface area contributed by atoms with E-state index >= 15 is 0 Å². The van der Waals surface area contributed by atoms with Crippen molar-refractivity contribution in [3.63, 3.8) is 0 Å². The number of ketones is 5. The van der Waals surface area contributed by atoms with Gasteiger partial charge in [0.2, 0.25) is 0 Å². The molecule has 136 heavy (non-hydrogen) atoms. The molecule has 0 fully saturated rings. The van der Waals surface area contributed by atoms with Gasteiger partial charge < -0.3 is 113 Å². The molecule has 0 unspecified atom stereocenters. The first-order valence-electron chi connectivity index (χ1n) is 40.9. The molecule has 0 aliphatic carbocycles. The molecule has 1 aromatic heterocycles. The number of benzene rings is 6. The van der Waals surface area contributed by atoms with Gasteiger partial charge in [0.25, 0.3) is 0 Å². The molecule has 0 spiro atoms. The predicted octanol–water partition coefficient (Wildman–Crippen LogP) is 6.25. The van der Waals surface area contributed by atoms with Crippen LogP contribution in [-0.4, -0.2) is 161 Å². The normalized spacial score (nSPS) is 11.0. The number of nitrogens with two attached hydrogens (primary N) is 8. The number of nitrogens with one attached hydrogen (secondary N) is 1. The summed E-state index contributed by atoms with van der Waals surface area (Å²) in [5.74, 6) is -9.91. The number of esters is 10. The van der Waals surface area contributed by atoms with E-state index in [-0.39, 0.29) is 120 Å². The monoisotopic (exact) mass is 1930 g/mol. The number of carboxylic acid groups (broad SMARTS) is 1. The molecule has 0 radical (unpaired) electrons. The van der Waals surface area contributed by atoms with Crippen molar-refractivity contribution >= 4 is 135 Å². The van der Waals surface area contributed by atoms with E-state index < -0.39 is 82.9 Å². The summed E-state index contributed by atoms with van der Waals surface area (Å²) in [5, 5.41) is 12.3. The van der Waals surface area contributed by atoms with Crippen LogP contribution in [0.5, 0.6) is 5.75 Å². The van der Waals surface area contributed by atoms with E-state index in [1.54, 1.807) is 105 Å². The van der Waals surface area contributed by atoms with E-state index in [1.807, 2.05) is 100 Å². The van der Waals surface area contributed by atoms with E-state index in [1.165, 1.54) is 40.5 Å². The van der Waals surface area contributed by atoms with Crippen LogP contribution in [0.25, 0.3) is 17.0 Å². The number of H-pyrrole nitrogens is 1. The van der Waals surface area contributed by atoms with Crippen LogP contribution in [0.2, 0.25) is 10.0 Å². The number of carbonyl (C=O) groups excluding carboxylic acids is 16. The van der Waals surface area contributed by atoms with Crippen LogP contribution in [0, 0.1) is 0 Å². The number of carboxylic acids is 1. The minimum Gasteiger partial charge on any atom is -0.543 e. The van der Waals surface area contributed by atoms with E-state index in [2.05, 4.69) is 23.9 Å². The van der Waals surface area contributed by atoms with Crippen LogP contribution in [0.1, 0.15) is 135 Å². The molecule has 0 atom stereocenters. The third kappa shape index (κ3) is 55.2. The molecule has 7 aromatic rings. The summed E-state index contributed by atoms with van der Waals surface area (Å²) in [7, 11) is 3.85. The average molecular weight is 1930 g/mol. The number of halogens is 2. The fraction of sp³-hybridized carbons (Fsp3) is 0.250. The zero-order valence-corrected chi connectivity index (χ0v) is 80.6. The van der Waals surface area contributed by atoms with Crippen molar-refractivity contribution in [2.75, 3.05) is 61.0 Å². The molecule has 0 saturated heterocycles. The zero-order valence-electron chi connectivity index (χ0n) is 77.1. The number of hydrogen-bond donors (Lipinski definition) is 9. The maximum absolute atomic E-state index is 11.9. The number of methoxy groups -OCH3 is 3. The second-order valence-electron chi connectivity index (χ2n) is 26.4. The Kier molecular flexibility index (Phi) is 65.4. The molecule has 0 saturated carbocycles. The number of unbranched alkanes of at least 4 members (excludes halogenated alkanes) is 2. The van der Waals surface area contributed by atoms with Crippen LogP contribution in [-0.2, 0) is 123 Å². The summed E-state index contributed by atoms with van der Waals surface area (Å²) in [6.45, 7) is 14.2. The van der Waals surface area contributed by atoms with Crippen molar-refractivity contribution in [2.45, 2.75) is 100 Å². The van der Waals surface area contributed by atoms with Gasteiger partial charge in [-0.05, 0) is 124 Å². The number of para-hydroxylation sites is 2. The Labute approximate surface area is 818 Å². The molecule has 0 amide bonds. The largest absolute Gasteiger partial charge is 1.00 e. The summed E-state index contributed by atoms with van der Waals surface area (Å²) in [6.07, 6.45) is 17.1. The number of hydrogen-bond acceptors (Lipinski definition) is 36. The van der Waals surface area contributed by atoms with Crippen molar-refractivity contribution in [2.24, 2.45) is 45.9 Å². The van der Waals surface area contributed by atoms with Crippen LogP contribution < -0.4 is 85.3 Å². The quantitative estimate of drug-likeness (QED) is 0.00515. The first-order chi connectivity index (χ1) is 64.2. The third-order valence-electron chi connectivity index (χ3n) is 15.6. The first-order valence-corrected chi connectivity index (χ1v) is 41.6. The standard InChI is InChI=1S/C18H17NO4.C14H14ClNO3.C13H15NO4.C12H10N2O3.C12H21NO4.C11H10ClNO3.C10H17NO4.C6H9NO3.Na/c19-16(18(21)23-13-15-9-5-2-6-10-15)11-17(20)22-12-14-7-3-1-4-8-14;1-2-19-14(18)13(16)9-12(17)8-5-10-3-6-11(15)7-4-10;1-3-18-13(16)10(14)8-11(15)9-6-4-5-7-12(9)17-2;13-9(12(16)17)5-11(15)8-6-14-10-4-2-1-3-7(8)10;1-3-5-7-16-11(14)9-10(13)12(15)17-8-6-4-2;1-16-11(15)9(13)6-10(14)7-2-4-8(12)5-3-7;1-3-5-14-9(12)7-8(11)10(13)15-6-4-2;1-4(8)3-5(7)6(9)10-2;/h1-11H,12-13,19H2;3-9H,2,16H2,1H3;4-8H,3,14H2,1-2H3;1-6,14H,13H2,(H,16,17);9H,3-8,13H2,1-2H3;2-6H,13H2,1H3;7H,3-6,11H2,1-2H3;3H,7H2,1-2H3;/q;;;;;;;;+1/p-1/b16-11-;8-5+,13-9-;10-8-;9-5-;10-9-;9-6-;8-7-;5-3-;. The molecule has 724 valence electrons. The molecule has 17 N–H and O–H groups in total. The van der Waals surface area contributed by atoms with Crippen molar-refractivity contribution in [3.05, 3.63) is 308 Å². The number of fused-ring (bicyclic) bond motifs is 1. The fourth-order valence-electron chi connectivity index (χ4n) is 8.94. The Bertz CT molecular complexity index is 5380. The van der Waals surface area contributed by atoms with Crippen molar-refractivity contribution in [3.8, 4) is 5.75 Å². The Morgan fingerprint density at radius 3 is 1.21 bits per heavy atom. The van der Waals surface area contributed by atoms with E-state index in [9.17, 15) is 81.8 Å². The summed E-state index contributed by atoms with van der Waals surface area (Å²) in [5.41, 5.74) is 44.9. The van der Waals surface area contributed by atoms with Gasteiger partial charge in [-0.15, -0.1) is 0 Å². The van der Waals surface area contributed by atoms with Crippen LogP contribution in [0.3, 0.4) is 0 Å². The number of carbonyl (C=O) groups is 16. The Morgan fingerprint density at radius 2 is 0.743 bits per heavy atom. The Hall–Kier alpha value is -15.2.